The summed E-state index contributed by atoms with van der Waals surface area (Å²) in [6.07, 6.45) is 0.0686. The first-order valence-electron chi connectivity index (χ1n) is 8.94. The van der Waals surface area contributed by atoms with Crippen LogP contribution in [-0.2, 0) is 10.3 Å². The summed E-state index contributed by atoms with van der Waals surface area (Å²) in [5.74, 6) is 0.633. The van der Waals surface area contributed by atoms with Gasteiger partial charge in [0.05, 0.1) is 19.3 Å². The molecule has 0 spiro atoms. The Balaban J connectivity index is 2.11. The zero-order valence-electron chi connectivity index (χ0n) is 14.9. The zero-order chi connectivity index (χ0) is 17.7. The van der Waals surface area contributed by atoms with Crippen LogP contribution in [0.3, 0.4) is 0 Å². The Kier molecular flexibility index (Phi) is 5.74. The van der Waals surface area contributed by atoms with Crippen LogP contribution in [0, 0.1) is 0 Å². The second kappa shape index (κ2) is 8.00. The Morgan fingerprint density at radius 1 is 1.12 bits per heavy atom. The SMILES string of the molecule is CC(C)Oc1ccccc1C1(C(CO)c2ccccc2)CNCCO1. The van der Waals surface area contributed by atoms with Gasteiger partial charge in [-0.05, 0) is 25.5 Å². The number of para-hydroxylation sites is 1. The number of ether oxygens (including phenoxy) is 2. The zero-order valence-corrected chi connectivity index (χ0v) is 14.9. The Hall–Kier alpha value is -1.88. The number of morpholine rings is 1. The molecule has 3 rings (SSSR count). The van der Waals surface area contributed by atoms with Crippen LogP contribution in [0.15, 0.2) is 54.6 Å². The molecule has 1 saturated heterocycles. The van der Waals surface area contributed by atoms with E-state index in [0.29, 0.717) is 13.2 Å². The molecular formula is C21H27NO3. The minimum atomic E-state index is -0.667. The Bertz CT molecular complexity index is 666. The summed E-state index contributed by atoms with van der Waals surface area (Å²) in [6.45, 7) is 6.07. The fourth-order valence-corrected chi connectivity index (χ4v) is 3.60. The van der Waals surface area contributed by atoms with Gasteiger partial charge >= 0.3 is 0 Å². The van der Waals surface area contributed by atoms with Gasteiger partial charge in [0.25, 0.3) is 0 Å². The first-order chi connectivity index (χ1) is 12.2. The van der Waals surface area contributed by atoms with Crippen molar-refractivity contribution < 1.29 is 14.6 Å². The minimum Gasteiger partial charge on any atom is -0.491 e. The smallest absolute Gasteiger partial charge is 0.125 e. The maximum absolute atomic E-state index is 10.3. The summed E-state index contributed by atoms with van der Waals surface area (Å²) in [7, 11) is 0. The van der Waals surface area contributed by atoms with Gasteiger partial charge in [-0.2, -0.15) is 0 Å². The lowest BCUT2D eigenvalue weighted by atomic mass is 9.76. The highest BCUT2D eigenvalue weighted by atomic mass is 16.5. The van der Waals surface area contributed by atoms with Crippen LogP contribution in [0.5, 0.6) is 5.75 Å². The molecule has 2 unspecified atom stereocenters. The fraction of sp³-hybridized carbons (Fsp3) is 0.429. The molecule has 4 nitrogen and oxygen atoms in total. The van der Waals surface area contributed by atoms with Gasteiger partial charge in [-0.15, -0.1) is 0 Å². The molecule has 1 heterocycles. The molecule has 0 aromatic heterocycles. The molecular weight excluding hydrogens is 314 g/mol. The molecule has 2 aromatic rings. The number of nitrogens with one attached hydrogen (secondary N) is 1. The molecule has 2 N–H and O–H groups in total. The lowest BCUT2D eigenvalue weighted by Gasteiger charge is -2.44. The summed E-state index contributed by atoms with van der Waals surface area (Å²) in [5, 5.41) is 13.7. The van der Waals surface area contributed by atoms with E-state index in [1.54, 1.807) is 0 Å². The van der Waals surface area contributed by atoms with Gasteiger partial charge in [0.2, 0.25) is 0 Å². The van der Waals surface area contributed by atoms with Crippen molar-refractivity contribution in [3.8, 4) is 5.75 Å². The van der Waals surface area contributed by atoms with E-state index in [4.69, 9.17) is 9.47 Å². The largest absolute Gasteiger partial charge is 0.491 e. The van der Waals surface area contributed by atoms with Gasteiger partial charge in [-0.3, -0.25) is 0 Å². The number of hydrogen-bond acceptors (Lipinski definition) is 4. The highest BCUT2D eigenvalue weighted by Gasteiger charge is 2.45. The van der Waals surface area contributed by atoms with Crippen molar-refractivity contribution in [1.82, 2.24) is 5.32 Å². The van der Waals surface area contributed by atoms with Crippen molar-refractivity contribution in [3.05, 3.63) is 65.7 Å². The third-order valence-corrected chi connectivity index (χ3v) is 4.68. The molecule has 25 heavy (non-hydrogen) atoms. The average molecular weight is 341 g/mol. The van der Waals surface area contributed by atoms with Crippen LogP contribution < -0.4 is 10.1 Å². The standard InChI is InChI=1S/C21H27NO3/c1-16(2)25-20-11-7-6-10-18(20)21(15-22-12-13-24-21)19(14-23)17-8-4-3-5-9-17/h3-11,16,19,22-23H,12-15H2,1-2H3. The van der Waals surface area contributed by atoms with Crippen LogP contribution in [0.4, 0.5) is 0 Å². The van der Waals surface area contributed by atoms with Crippen LogP contribution in [0.1, 0.15) is 30.9 Å². The molecule has 1 fully saturated rings. The number of rotatable bonds is 6. The predicted molar refractivity (Wildman–Crippen MR) is 99.0 cm³/mol. The third-order valence-electron chi connectivity index (χ3n) is 4.68. The summed E-state index contributed by atoms with van der Waals surface area (Å²) in [6, 6.07) is 18.1. The normalized spacial score (nSPS) is 21.9. The number of benzene rings is 2. The van der Waals surface area contributed by atoms with E-state index in [1.165, 1.54) is 0 Å². The van der Waals surface area contributed by atoms with E-state index >= 15 is 0 Å². The summed E-state index contributed by atoms with van der Waals surface area (Å²) in [5.41, 5.74) is 1.38. The van der Waals surface area contributed by atoms with Gasteiger partial charge in [0.1, 0.15) is 11.4 Å². The molecule has 1 aliphatic heterocycles. The summed E-state index contributed by atoms with van der Waals surface area (Å²) >= 11 is 0. The molecule has 2 aromatic carbocycles. The molecule has 2 atom stereocenters. The van der Waals surface area contributed by atoms with Gasteiger partial charge < -0.3 is 19.9 Å². The van der Waals surface area contributed by atoms with Crippen LogP contribution in [-0.4, -0.2) is 37.5 Å². The minimum absolute atomic E-state index is 0.00169. The quantitative estimate of drug-likeness (QED) is 0.848. The van der Waals surface area contributed by atoms with E-state index in [0.717, 1.165) is 23.4 Å². The highest BCUT2D eigenvalue weighted by Crippen LogP contribution is 2.44. The van der Waals surface area contributed by atoms with Crippen molar-refractivity contribution >= 4 is 0 Å². The van der Waals surface area contributed by atoms with E-state index in [-0.39, 0.29) is 18.6 Å². The van der Waals surface area contributed by atoms with E-state index in [2.05, 4.69) is 11.4 Å². The lowest BCUT2D eigenvalue weighted by Crippen LogP contribution is -2.52. The highest BCUT2D eigenvalue weighted by molar-refractivity contribution is 5.42. The van der Waals surface area contributed by atoms with Gasteiger partial charge in [0, 0.05) is 24.6 Å². The second-order valence-corrected chi connectivity index (χ2v) is 6.72. The van der Waals surface area contributed by atoms with Crippen molar-refractivity contribution in [3.63, 3.8) is 0 Å². The van der Waals surface area contributed by atoms with Crippen LogP contribution >= 0.6 is 0 Å². The summed E-state index contributed by atoms with van der Waals surface area (Å²) < 4.78 is 12.4. The van der Waals surface area contributed by atoms with Crippen LogP contribution in [0.25, 0.3) is 0 Å². The number of aliphatic hydroxyl groups excluding tert-OH is 1. The average Bonchev–Trinajstić information content (AvgIpc) is 2.64. The fourth-order valence-electron chi connectivity index (χ4n) is 3.60. The molecule has 4 heteroatoms. The Morgan fingerprint density at radius 3 is 2.48 bits per heavy atom. The third kappa shape index (κ3) is 3.71. The maximum Gasteiger partial charge on any atom is 0.125 e. The second-order valence-electron chi connectivity index (χ2n) is 6.72. The topological polar surface area (TPSA) is 50.7 Å². The van der Waals surface area contributed by atoms with Crippen LogP contribution in [0.2, 0.25) is 0 Å². The van der Waals surface area contributed by atoms with Gasteiger partial charge in [-0.1, -0.05) is 48.5 Å². The number of hydrogen-bond donors (Lipinski definition) is 2. The molecule has 0 radical (unpaired) electrons. The van der Waals surface area contributed by atoms with Gasteiger partial charge in [0.15, 0.2) is 0 Å². The first-order valence-corrected chi connectivity index (χ1v) is 8.94. The summed E-state index contributed by atoms with van der Waals surface area (Å²) in [4.78, 5) is 0. The van der Waals surface area contributed by atoms with Crippen molar-refractivity contribution in [1.29, 1.82) is 0 Å². The molecule has 0 aliphatic carbocycles. The molecule has 134 valence electrons. The first kappa shape index (κ1) is 17.9. The number of aliphatic hydroxyl groups is 1. The molecule has 1 aliphatic rings. The van der Waals surface area contributed by atoms with Gasteiger partial charge in [-0.25, -0.2) is 0 Å². The Morgan fingerprint density at radius 2 is 1.84 bits per heavy atom. The molecule has 0 saturated carbocycles. The Labute approximate surface area is 149 Å². The van der Waals surface area contributed by atoms with E-state index < -0.39 is 5.60 Å². The van der Waals surface area contributed by atoms with Crippen molar-refractivity contribution in [2.75, 3.05) is 26.3 Å². The van der Waals surface area contributed by atoms with E-state index in [1.807, 2.05) is 62.4 Å². The van der Waals surface area contributed by atoms with Crippen molar-refractivity contribution in [2.24, 2.45) is 0 Å². The lowest BCUT2D eigenvalue weighted by molar-refractivity contribution is -0.101. The predicted octanol–water partition coefficient (Wildman–Crippen LogP) is 3.07. The van der Waals surface area contributed by atoms with E-state index in [9.17, 15) is 5.11 Å². The molecule has 0 amide bonds. The monoisotopic (exact) mass is 341 g/mol. The maximum atomic E-state index is 10.3. The molecule has 0 bridgehead atoms. The van der Waals surface area contributed by atoms with Crippen molar-refractivity contribution in [2.45, 2.75) is 31.5 Å².